The first kappa shape index (κ1) is 11.5. The van der Waals surface area contributed by atoms with E-state index in [2.05, 4.69) is 27.7 Å². The van der Waals surface area contributed by atoms with Crippen LogP contribution in [0, 0.1) is 35.5 Å². The van der Waals surface area contributed by atoms with Crippen molar-refractivity contribution in [2.24, 2.45) is 35.5 Å². The minimum atomic E-state index is 0.912. The number of hydrogen-bond donors (Lipinski definition) is 0. The molecule has 0 unspecified atom stereocenters. The molecule has 0 aromatic heterocycles. The number of hydrogen-bond acceptors (Lipinski definition) is 0. The molecule has 0 aliphatic heterocycles. The Morgan fingerprint density at radius 2 is 1.60 bits per heavy atom. The van der Waals surface area contributed by atoms with Gasteiger partial charge in [0.25, 0.3) is 0 Å². The summed E-state index contributed by atoms with van der Waals surface area (Å²) in [6.07, 6.45) is 7.55. The average molecular weight is 208 g/mol. The van der Waals surface area contributed by atoms with Crippen LogP contribution in [0.5, 0.6) is 0 Å². The highest BCUT2D eigenvalue weighted by Gasteiger charge is 2.41. The minimum Gasteiger partial charge on any atom is -0.0625 e. The van der Waals surface area contributed by atoms with Crippen LogP contribution in [0.2, 0.25) is 0 Å². The van der Waals surface area contributed by atoms with E-state index in [9.17, 15) is 0 Å². The monoisotopic (exact) mass is 208 g/mol. The van der Waals surface area contributed by atoms with Crippen molar-refractivity contribution in [3.63, 3.8) is 0 Å². The summed E-state index contributed by atoms with van der Waals surface area (Å²) in [4.78, 5) is 0. The highest BCUT2D eigenvalue weighted by molar-refractivity contribution is 4.90. The molecule has 0 nitrogen and oxygen atoms in total. The maximum Gasteiger partial charge on any atom is -0.0350 e. The van der Waals surface area contributed by atoms with E-state index in [1.54, 1.807) is 0 Å². The summed E-state index contributed by atoms with van der Waals surface area (Å²) in [6, 6.07) is 0. The van der Waals surface area contributed by atoms with Crippen LogP contribution in [0.25, 0.3) is 0 Å². The lowest BCUT2D eigenvalue weighted by Gasteiger charge is -2.48. The second-order valence-corrected chi connectivity index (χ2v) is 6.71. The first-order valence-electron chi connectivity index (χ1n) is 7.09. The van der Waals surface area contributed by atoms with Gasteiger partial charge in [0.2, 0.25) is 0 Å². The largest absolute Gasteiger partial charge is 0.0625 e. The van der Waals surface area contributed by atoms with E-state index in [1.807, 2.05) is 0 Å². The van der Waals surface area contributed by atoms with E-state index in [0.717, 1.165) is 35.5 Å². The Bertz CT molecular complexity index is 202. The Morgan fingerprint density at radius 1 is 0.867 bits per heavy atom. The van der Waals surface area contributed by atoms with Gasteiger partial charge in [0, 0.05) is 0 Å². The molecule has 88 valence electrons. The summed E-state index contributed by atoms with van der Waals surface area (Å²) in [5.41, 5.74) is 0. The third-order valence-electron chi connectivity index (χ3n) is 5.31. The topological polar surface area (TPSA) is 0 Å². The molecule has 0 spiro atoms. The van der Waals surface area contributed by atoms with E-state index in [0.29, 0.717) is 0 Å². The zero-order valence-corrected chi connectivity index (χ0v) is 11.0. The molecule has 15 heavy (non-hydrogen) atoms. The van der Waals surface area contributed by atoms with Crippen molar-refractivity contribution in [2.45, 2.75) is 59.8 Å². The van der Waals surface area contributed by atoms with Crippen molar-refractivity contribution >= 4 is 0 Å². The highest BCUT2D eigenvalue weighted by Crippen LogP contribution is 2.50. The SMILES string of the molecule is CC(C)[C@@H]1CC[C@H](C)[C@@H]2CC[C@H](C)C[C@H]21. The maximum absolute atomic E-state index is 2.50. The highest BCUT2D eigenvalue weighted by atomic mass is 14.5. The van der Waals surface area contributed by atoms with E-state index in [1.165, 1.54) is 32.1 Å². The van der Waals surface area contributed by atoms with Gasteiger partial charge in [-0.25, -0.2) is 0 Å². The Morgan fingerprint density at radius 3 is 2.27 bits per heavy atom. The van der Waals surface area contributed by atoms with Gasteiger partial charge in [0.05, 0.1) is 0 Å². The fourth-order valence-corrected chi connectivity index (χ4v) is 4.36. The molecular weight excluding hydrogens is 180 g/mol. The van der Waals surface area contributed by atoms with E-state index < -0.39 is 0 Å². The fraction of sp³-hybridized carbons (Fsp3) is 1.00. The van der Waals surface area contributed by atoms with Crippen LogP contribution in [-0.2, 0) is 0 Å². The summed E-state index contributed by atoms with van der Waals surface area (Å²) in [5, 5.41) is 0. The lowest BCUT2D eigenvalue weighted by Crippen LogP contribution is -2.39. The molecule has 2 aliphatic rings. The molecule has 0 N–H and O–H groups in total. The van der Waals surface area contributed by atoms with Gasteiger partial charge in [0.15, 0.2) is 0 Å². The lowest BCUT2D eigenvalue weighted by atomic mass is 9.57. The van der Waals surface area contributed by atoms with Gasteiger partial charge in [-0.15, -0.1) is 0 Å². The summed E-state index contributed by atoms with van der Waals surface area (Å²) < 4.78 is 0. The molecule has 0 aromatic rings. The van der Waals surface area contributed by atoms with Crippen molar-refractivity contribution in [1.82, 2.24) is 0 Å². The van der Waals surface area contributed by atoms with Crippen LogP contribution in [0.3, 0.4) is 0 Å². The third kappa shape index (κ3) is 2.24. The van der Waals surface area contributed by atoms with Gasteiger partial charge in [-0.3, -0.25) is 0 Å². The molecule has 0 aromatic carbocycles. The zero-order chi connectivity index (χ0) is 11.0. The minimum absolute atomic E-state index is 0.912. The van der Waals surface area contributed by atoms with E-state index in [-0.39, 0.29) is 0 Å². The van der Waals surface area contributed by atoms with Crippen molar-refractivity contribution in [3.8, 4) is 0 Å². The molecule has 2 fully saturated rings. The third-order valence-corrected chi connectivity index (χ3v) is 5.31. The van der Waals surface area contributed by atoms with Gasteiger partial charge >= 0.3 is 0 Å². The Hall–Kier alpha value is 0. The molecule has 0 bridgehead atoms. The molecule has 0 radical (unpaired) electrons. The summed E-state index contributed by atoms with van der Waals surface area (Å²) in [5.74, 6) is 6.10. The molecule has 2 aliphatic carbocycles. The molecule has 0 amide bonds. The lowest BCUT2D eigenvalue weighted by molar-refractivity contribution is 0.0182. The second-order valence-electron chi connectivity index (χ2n) is 6.71. The van der Waals surface area contributed by atoms with Gasteiger partial charge in [-0.1, -0.05) is 40.5 Å². The van der Waals surface area contributed by atoms with Crippen molar-refractivity contribution in [2.75, 3.05) is 0 Å². The molecule has 0 heterocycles. The quantitative estimate of drug-likeness (QED) is 0.584. The first-order valence-corrected chi connectivity index (χ1v) is 7.09. The van der Waals surface area contributed by atoms with Gasteiger partial charge in [-0.05, 0) is 54.8 Å². The van der Waals surface area contributed by atoms with Crippen LogP contribution in [0.1, 0.15) is 59.8 Å². The van der Waals surface area contributed by atoms with Crippen LogP contribution in [-0.4, -0.2) is 0 Å². The normalized spacial score (nSPS) is 46.6. The van der Waals surface area contributed by atoms with Crippen LogP contribution in [0.4, 0.5) is 0 Å². The zero-order valence-electron chi connectivity index (χ0n) is 11.0. The van der Waals surface area contributed by atoms with Crippen LogP contribution < -0.4 is 0 Å². The first-order chi connectivity index (χ1) is 7.09. The predicted molar refractivity (Wildman–Crippen MR) is 66.7 cm³/mol. The number of rotatable bonds is 1. The molecule has 5 atom stereocenters. The smallest absolute Gasteiger partial charge is 0.0350 e. The molecule has 0 heteroatoms. The summed E-state index contributed by atoms with van der Waals surface area (Å²) >= 11 is 0. The Kier molecular flexibility index (Phi) is 3.42. The molecule has 2 rings (SSSR count). The van der Waals surface area contributed by atoms with Crippen LogP contribution >= 0.6 is 0 Å². The molecule has 0 saturated heterocycles. The van der Waals surface area contributed by atoms with Crippen molar-refractivity contribution < 1.29 is 0 Å². The fourth-order valence-electron chi connectivity index (χ4n) is 4.36. The predicted octanol–water partition coefficient (Wildman–Crippen LogP) is 4.74. The Balaban J connectivity index is 2.10. The summed E-state index contributed by atoms with van der Waals surface area (Å²) in [6.45, 7) is 9.85. The summed E-state index contributed by atoms with van der Waals surface area (Å²) in [7, 11) is 0. The number of fused-ring (bicyclic) bond motifs is 1. The van der Waals surface area contributed by atoms with Gasteiger partial charge < -0.3 is 0 Å². The standard InChI is InChI=1S/C15H28/c1-10(2)13-8-6-12(4)14-7-5-11(3)9-15(13)14/h10-15H,5-9H2,1-4H3/t11-,12-,13-,14-,15-/m0/s1. The van der Waals surface area contributed by atoms with Crippen molar-refractivity contribution in [1.29, 1.82) is 0 Å². The van der Waals surface area contributed by atoms with E-state index in [4.69, 9.17) is 0 Å². The van der Waals surface area contributed by atoms with E-state index >= 15 is 0 Å². The Labute approximate surface area is 95.8 Å². The molecule has 2 saturated carbocycles. The van der Waals surface area contributed by atoms with Crippen molar-refractivity contribution in [3.05, 3.63) is 0 Å². The van der Waals surface area contributed by atoms with Crippen LogP contribution in [0.15, 0.2) is 0 Å². The average Bonchev–Trinajstić information content (AvgIpc) is 2.17. The second kappa shape index (κ2) is 4.47. The van der Waals surface area contributed by atoms with Gasteiger partial charge in [-0.2, -0.15) is 0 Å². The molecular formula is C15H28. The maximum atomic E-state index is 2.50. The van der Waals surface area contributed by atoms with Gasteiger partial charge in [0.1, 0.15) is 0 Å².